The van der Waals surface area contributed by atoms with E-state index in [1.807, 2.05) is 23.6 Å². The molecule has 0 radical (unpaired) electrons. The number of nitrogens with one attached hydrogen (secondary N) is 1. The lowest BCUT2D eigenvalue weighted by atomic mass is 9.52. The Hall–Kier alpha value is -1.46. The maximum atomic E-state index is 12.3. The van der Waals surface area contributed by atoms with E-state index in [4.69, 9.17) is 4.52 Å². The summed E-state index contributed by atoms with van der Waals surface area (Å²) in [6.07, 6.45) is 5.53. The smallest absolute Gasteiger partial charge is 0.177 e. The monoisotopic (exact) mass is 328 g/mol. The highest BCUT2D eigenvalue weighted by atomic mass is 32.1. The summed E-state index contributed by atoms with van der Waals surface area (Å²) in [7, 11) is 0. The van der Waals surface area contributed by atoms with Crippen LogP contribution in [0.25, 0.3) is 10.6 Å². The molecule has 2 heterocycles. The third kappa shape index (κ3) is 2.29. The van der Waals surface area contributed by atoms with Crippen molar-refractivity contribution in [1.29, 1.82) is 0 Å². The first-order chi connectivity index (χ1) is 11.2. The van der Waals surface area contributed by atoms with Crippen molar-refractivity contribution in [2.45, 2.75) is 44.2 Å². The maximum Gasteiger partial charge on any atom is 0.177 e. The van der Waals surface area contributed by atoms with Crippen LogP contribution in [0.3, 0.4) is 0 Å². The number of hydrogen-bond donors (Lipinski definition) is 1. The highest BCUT2D eigenvalue weighted by Gasteiger charge is 2.54. The fourth-order valence-electron chi connectivity index (χ4n) is 5.17. The van der Waals surface area contributed by atoms with E-state index < -0.39 is 0 Å². The first-order valence-electron chi connectivity index (χ1n) is 8.49. The van der Waals surface area contributed by atoms with Crippen molar-refractivity contribution in [3.63, 3.8) is 0 Å². The Morgan fingerprint density at radius 1 is 1.30 bits per heavy atom. The van der Waals surface area contributed by atoms with Gasteiger partial charge in [-0.15, -0.1) is 11.3 Å². The van der Waals surface area contributed by atoms with Crippen LogP contribution >= 0.6 is 11.3 Å². The fourth-order valence-corrected chi connectivity index (χ4v) is 5.84. The average Bonchev–Trinajstić information content (AvgIpc) is 3.20. The number of carbonyl (C=O) groups excluding carboxylic acids is 1. The SMILES string of the molecule is O=C1C2CC3CC1CC(NCc1cc(-c4cccs4)on1)(C3)C2. The molecule has 4 bridgehead atoms. The quantitative estimate of drug-likeness (QED) is 0.931. The number of carbonyl (C=O) groups is 1. The Bertz CT molecular complexity index is 718. The second kappa shape index (κ2) is 5.02. The van der Waals surface area contributed by atoms with Gasteiger partial charge < -0.3 is 9.84 Å². The highest BCUT2D eigenvalue weighted by molar-refractivity contribution is 7.13. The molecule has 0 spiro atoms. The minimum absolute atomic E-state index is 0.159. The van der Waals surface area contributed by atoms with Crippen LogP contribution in [0.15, 0.2) is 28.1 Å². The zero-order valence-corrected chi connectivity index (χ0v) is 13.8. The Morgan fingerprint density at radius 2 is 2.13 bits per heavy atom. The first kappa shape index (κ1) is 13.9. The van der Waals surface area contributed by atoms with Crippen LogP contribution in [0.5, 0.6) is 0 Å². The molecule has 120 valence electrons. The van der Waals surface area contributed by atoms with Gasteiger partial charge in [-0.2, -0.15) is 0 Å². The Kier molecular flexibility index (Phi) is 3.04. The van der Waals surface area contributed by atoms with E-state index >= 15 is 0 Å². The zero-order valence-electron chi connectivity index (χ0n) is 13.0. The molecule has 0 saturated heterocycles. The maximum absolute atomic E-state index is 12.3. The summed E-state index contributed by atoms with van der Waals surface area (Å²) in [5.74, 6) is 2.76. The van der Waals surface area contributed by atoms with Crippen LogP contribution in [0.4, 0.5) is 0 Å². The number of ketones is 1. The van der Waals surface area contributed by atoms with Crippen LogP contribution in [0, 0.1) is 17.8 Å². The second-order valence-electron chi connectivity index (χ2n) is 7.54. The fraction of sp³-hybridized carbons (Fsp3) is 0.556. The minimum Gasteiger partial charge on any atom is -0.355 e. The summed E-state index contributed by atoms with van der Waals surface area (Å²) in [6, 6.07) is 6.10. The standard InChI is InChI=1S/C18H20N2O2S/c21-17-12-4-11-5-13(17)9-18(7-11,8-12)19-10-14-6-15(22-20-14)16-2-1-3-23-16/h1-3,6,11-13,19H,4-5,7-10H2. The largest absolute Gasteiger partial charge is 0.355 e. The Labute approximate surface area is 139 Å². The van der Waals surface area contributed by atoms with Crippen molar-refractivity contribution in [3.8, 4) is 10.6 Å². The van der Waals surface area contributed by atoms with E-state index in [-0.39, 0.29) is 5.54 Å². The minimum atomic E-state index is 0.159. The normalized spacial score (nSPS) is 35.1. The number of aromatic nitrogens is 1. The summed E-state index contributed by atoms with van der Waals surface area (Å²) in [6.45, 7) is 0.731. The van der Waals surface area contributed by atoms with Gasteiger partial charge >= 0.3 is 0 Å². The van der Waals surface area contributed by atoms with Crippen molar-refractivity contribution in [1.82, 2.24) is 10.5 Å². The van der Waals surface area contributed by atoms with Gasteiger partial charge in [0.1, 0.15) is 5.78 Å². The summed E-state index contributed by atoms with van der Waals surface area (Å²) in [4.78, 5) is 13.4. The highest BCUT2D eigenvalue weighted by Crippen LogP contribution is 2.54. The third-order valence-corrected chi connectivity index (χ3v) is 6.85. The number of rotatable bonds is 4. The molecule has 2 aromatic heterocycles. The number of thiophene rings is 1. The van der Waals surface area contributed by atoms with Crippen molar-refractivity contribution in [2.75, 3.05) is 0 Å². The molecule has 4 aliphatic carbocycles. The predicted octanol–water partition coefficient (Wildman–Crippen LogP) is 3.64. The topological polar surface area (TPSA) is 55.1 Å². The van der Waals surface area contributed by atoms with Crippen molar-refractivity contribution in [2.24, 2.45) is 17.8 Å². The molecule has 0 amide bonds. The molecule has 6 rings (SSSR count). The van der Waals surface area contributed by atoms with Crippen molar-refractivity contribution in [3.05, 3.63) is 29.3 Å². The summed E-state index contributed by atoms with van der Waals surface area (Å²) < 4.78 is 5.46. The molecular weight excluding hydrogens is 308 g/mol. The molecule has 2 atom stereocenters. The van der Waals surface area contributed by atoms with E-state index in [0.29, 0.717) is 17.6 Å². The van der Waals surface area contributed by atoms with Gasteiger partial charge in [0, 0.05) is 30.0 Å². The van der Waals surface area contributed by atoms with Gasteiger partial charge in [0.15, 0.2) is 5.76 Å². The molecule has 5 heteroatoms. The molecule has 2 aromatic rings. The lowest BCUT2D eigenvalue weighted by molar-refractivity contribution is -0.143. The van der Waals surface area contributed by atoms with Crippen LogP contribution in [0.1, 0.15) is 37.8 Å². The van der Waals surface area contributed by atoms with Gasteiger partial charge in [-0.25, -0.2) is 0 Å². The average molecular weight is 328 g/mol. The number of hydrogen-bond acceptors (Lipinski definition) is 5. The zero-order chi connectivity index (χ0) is 15.4. The summed E-state index contributed by atoms with van der Waals surface area (Å²) in [5.41, 5.74) is 1.11. The number of nitrogens with zero attached hydrogens (tertiary/aromatic N) is 1. The van der Waals surface area contributed by atoms with Crippen LogP contribution in [-0.4, -0.2) is 16.5 Å². The predicted molar refractivity (Wildman–Crippen MR) is 87.9 cm³/mol. The Morgan fingerprint density at radius 3 is 2.87 bits per heavy atom. The van der Waals surface area contributed by atoms with E-state index in [1.54, 1.807) is 11.3 Å². The van der Waals surface area contributed by atoms with E-state index in [1.165, 1.54) is 6.42 Å². The van der Waals surface area contributed by atoms with Crippen molar-refractivity contribution >= 4 is 17.1 Å². The molecule has 0 aromatic carbocycles. The van der Waals surface area contributed by atoms with Crippen LogP contribution in [-0.2, 0) is 11.3 Å². The van der Waals surface area contributed by atoms with Crippen molar-refractivity contribution < 1.29 is 9.32 Å². The van der Waals surface area contributed by atoms with Gasteiger partial charge in [0.05, 0.1) is 10.6 Å². The molecular formula is C18H20N2O2S. The van der Waals surface area contributed by atoms with Crippen LogP contribution in [0.2, 0.25) is 0 Å². The third-order valence-electron chi connectivity index (χ3n) is 5.96. The van der Waals surface area contributed by atoms with Gasteiger partial charge in [-0.05, 0) is 49.5 Å². The first-order valence-corrected chi connectivity index (χ1v) is 9.37. The van der Waals surface area contributed by atoms with E-state index in [2.05, 4.69) is 10.5 Å². The van der Waals surface area contributed by atoms with Crippen LogP contribution < -0.4 is 5.32 Å². The van der Waals surface area contributed by atoms with E-state index in [0.717, 1.165) is 54.5 Å². The van der Waals surface area contributed by atoms with E-state index in [9.17, 15) is 4.79 Å². The lowest BCUT2D eigenvalue weighted by Crippen LogP contribution is -2.61. The second-order valence-corrected chi connectivity index (χ2v) is 8.49. The van der Waals surface area contributed by atoms with Gasteiger partial charge in [0.2, 0.25) is 0 Å². The molecule has 4 saturated carbocycles. The van der Waals surface area contributed by atoms with Gasteiger partial charge in [-0.3, -0.25) is 4.79 Å². The summed E-state index contributed by atoms with van der Waals surface area (Å²) in [5, 5.41) is 10.0. The molecule has 4 fully saturated rings. The molecule has 4 aliphatic rings. The molecule has 0 aliphatic heterocycles. The Balaban J connectivity index is 1.31. The summed E-state index contributed by atoms with van der Waals surface area (Å²) >= 11 is 1.66. The van der Waals surface area contributed by atoms with Gasteiger partial charge in [0.25, 0.3) is 0 Å². The molecule has 4 nitrogen and oxygen atoms in total. The lowest BCUT2D eigenvalue weighted by Gasteiger charge is -2.56. The molecule has 23 heavy (non-hydrogen) atoms. The molecule has 2 unspecified atom stereocenters. The molecule has 1 N–H and O–H groups in total. The van der Waals surface area contributed by atoms with Gasteiger partial charge in [-0.1, -0.05) is 11.2 Å². The number of Topliss-reactive ketones (excluding diaryl/α,β-unsaturated/α-hetero) is 1.